The first-order valence-corrected chi connectivity index (χ1v) is 10.6. The lowest BCUT2D eigenvalue weighted by atomic mass is 9.90. The smallest absolute Gasteiger partial charge is 0.253 e. The van der Waals surface area contributed by atoms with Gasteiger partial charge >= 0.3 is 0 Å². The van der Waals surface area contributed by atoms with Gasteiger partial charge in [-0.2, -0.15) is 0 Å². The number of likely N-dealkylation sites (tertiary alicyclic amines) is 1. The molecule has 1 unspecified atom stereocenters. The van der Waals surface area contributed by atoms with E-state index in [0.29, 0.717) is 10.5 Å². The Bertz CT molecular complexity index is 524. The summed E-state index contributed by atoms with van der Waals surface area (Å²) in [5.41, 5.74) is 8.14. The molecule has 0 saturated carbocycles. The number of amides is 1. The number of halogens is 1. The van der Waals surface area contributed by atoms with Gasteiger partial charge in [0.2, 0.25) is 0 Å². The van der Waals surface area contributed by atoms with Gasteiger partial charge in [-0.1, -0.05) is 12.1 Å². The van der Waals surface area contributed by atoms with Crippen molar-refractivity contribution < 1.29 is 4.79 Å². The Balaban J connectivity index is 0.00000208. The minimum Gasteiger partial charge on any atom is -0.339 e. The predicted molar refractivity (Wildman–Crippen MR) is 108 cm³/mol. The van der Waals surface area contributed by atoms with Crippen LogP contribution in [-0.2, 0) is 0 Å². The molecule has 2 heterocycles. The zero-order valence-corrected chi connectivity index (χ0v) is 16.6. The van der Waals surface area contributed by atoms with E-state index in [1.54, 1.807) is 0 Å². The molecule has 1 atom stereocenters. The van der Waals surface area contributed by atoms with Crippen LogP contribution in [-0.4, -0.2) is 41.4 Å². The van der Waals surface area contributed by atoms with Gasteiger partial charge in [-0.3, -0.25) is 4.79 Å². The van der Waals surface area contributed by atoms with E-state index < -0.39 is 0 Å². The molecule has 1 aromatic rings. The second-order valence-corrected chi connectivity index (χ2v) is 9.26. The molecule has 0 spiro atoms. The number of piperidine rings is 1. The Morgan fingerprint density at radius 1 is 1.17 bits per heavy atom. The Morgan fingerprint density at radius 2 is 1.75 bits per heavy atom. The number of carbonyl (C=O) groups is 1. The fourth-order valence-electron chi connectivity index (χ4n) is 3.27. The molecule has 0 aromatic heterocycles. The van der Waals surface area contributed by atoms with E-state index in [4.69, 9.17) is 5.73 Å². The number of nitrogens with two attached hydrogens (primary N) is 1. The lowest BCUT2D eigenvalue weighted by Gasteiger charge is -2.33. The first-order chi connectivity index (χ1) is 11.1. The molecule has 24 heavy (non-hydrogen) atoms. The molecule has 1 aromatic carbocycles. The Hall–Kier alpha value is -0.360. The van der Waals surface area contributed by atoms with Crippen LogP contribution in [0.15, 0.2) is 24.3 Å². The SMILES string of the molecule is CC(N)C1CCN(C(=O)c2ccc(C3SCCCS3)cc2)CC1.Cl. The number of hydrogen-bond donors (Lipinski definition) is 1. The van der Waals surface area contributed by atoms with Crippen LogP contribution >= 0.6 is 35.9 Å². The predicted octanol–water partition coefficient (Wildman–Crippen LogP) is 4.18. The molecule has 2 fully saturated rings. The maximum absolute atomic E-state index is 12.6. The number of nitrogens with zero attached hydrogens (tertiary/aromatic N) is 1. The van der Waals surface area contributed by atoms with Crippen molar-refractivity contribution in [2.75, 3.05) is 24.6 Å². The fourth-order valence-corrected chi connectivity index (χ4v) is 6.17. The minimum atomic E-state index is 0. The Kier molecular flexibility index (Phi) is 7.79. The molecule has 2 saturated heterocycles. The topological polar surface area (TPSA) is 46.3 Å². The summed E-state index contributed by atoms with van der Waals surface area (Å²) in [7, 11) is 0. The maximum Gasteiger partial charge on any atom is 0.253 e. The molecule has 2 N–H and O–H groups in total. The summed E-state index contributed by atoms with van der Waals surface area (Å²) >= 11 is 4.03. The Morgan fingerprint density at radius 3 is 2.29 bits per heavy atom. The molecular formula is C18H27ClN2OS2. The van der Waals surface area contributed by atoms with Crippen LogP contribution in [0.3, 0.4) is 0 Å². The van der Waals surface area contributed by atoms with Gasteiger partial charge in [0.1, 0.15) is 0 Å². The second kappa shape index (κ2) is 9.37. The summed E-state index contributed by atoms with van der Waals surface area (Å²) < 4.78 is 0.537. The van der Waals surface area contributed by atoms with Gasteiger partial charge in [0.15, 0.2) is 0 Å². The van der Waals surface area contributed by atoms with Gasteiger partial charge in [-0.15, -0.1) is 35.9 Å². The van der Waals surface area contributed by atoms with Crippen molar-refractivity contribution >= 4 is 41.8 Å². The summed E-state index contributed by atoms with van der Waals surface area (Å²) in [5.74, 6) is 3.21. The summed E-state index contributed by atoms with van der Waals surface area (Å²) in [6.45, 7) is 3.74. The third kappa shape index (κ3) is 4.84. The van der Waals surface area contributed by atoms with Crippen LogP contribution in [0.5, 0.6) is 0 Å². The second-order valence-electron chi connectivity index (χ2n) is 6.54. The monoisotopic (exact) mass is 386 g/mol. The van der Waals surface area contributed by atoms with Crippen molar-refractivity contribution in [3.05, 3.63) is 35.4 Å². The number of carbonyl (C=O) groups excluding carboxylic acids is 1. The van der Waals surface area contributed by atoms with E-state index in [9.17, 15) is 4.79 Å². The van der Waals surface area contributed by atoms with E-state index in [-0.39, 0.29) is 24.4 Å². The molecule has 3 rings (SSSR count). The molecule has 2 aliphatic heterocycles. The fraction of sp³-hybridized carbons (Fsp3) is 0.611. The molecule has 0 bridgehead atoms. The van der Waals surface area contributed by atoms with Gasteiger partial charge in [0, 0.05) is 24.7 Å². The highest BCUT2D eigenvalue weighted by molar-refractivity contribution is 8.16. The molecule has 1 amide bonds. The van der Waals surface area contributed by atoms with Crippen molar-refractivity contribution in [1.29, 1.82) is 0 Å². The third-order valence-electron chi connectivity index (χ3n) is 4.83. The number of rotatable bonds is 3. The molecule has 6 heteroatoms. The molecule has 0 radical (unpaired) electrons. The highest BCUT2D eigenvalue weighted by Crippen LogP contribution is 2.43. The molecule has 2 aliphatic rings. The third-order valence-corrected chi connectivity index (χ3v) is 7.84. The number of thioether (sulfide) groups is 2. The number of benzene rings is 1. The van der Waals surface area contributed by atoms with Gasteiger partial charge in [-0.05, 0) is 61.3 Å². The van der Waals surface area contributed by atoms with E-state index in [2.05, 4.69) is 19.1 Å². The molecule has 3 nitrogen and oxygen atoms in total. The maximum atomic E-state index is 12.6. The first-order valence-electron chi connectivity index (χ1n) is 8.53. The van der Waals surface area contributed by atoms with E-state index >= 15 is 0 Å². The van der Waals surface area contributed by atoms with Crippen LogP contribution in [0.1, 0.15) is 46.7 Å². The van der Waals surface area contributed by atoms with Crippen LogP contribution in [0.4, 0.5) is 0 Å². The zero-order chi connectivity index (χ0) is 16.2. The van der Waals surface area contributed by atoms with Gasteiger partial charge < -0.3 is 10.6 Å². The van der Waals surface area contributed by atoms with E-state index in [1.807, 2.05) is 40.6 Å². The lowest BCUT2D eigenvalue weighted by molar-refractivity contribution is 0.0681. The molecular weight excluding hydrogens is 360 g/mol. The quantitative estimate of drug-likeness (QED) is 0.846. The van der Waals surface area contributed by atoms with Crippen molar-refractivity contribution in [2.45, 2.75) is 36.8 Å². The van der Waals surface area contributed by atoms with Crippen LogP contribution < -0.4 is 5.73 Å². The van der Waals surface area contributed by atoms with Gasteiger partial charge in [-0.25, -0.2) is 0 Å². The Labute approximate surface area is 159 Å². The number of hydrogen-bond acceptors (Lipinski definition) is 4. The largest absolute Gasteiger partial charge is 0.339 e. The summed E-state index contributed by atoms with van der Waals surface area (Å²) in [6.07, 6.45) is 3.35. The molecule has 134 valence electrons. The van der Waals surface area contributed by atoms with Crippen LogP contribution in [0.2, 0.25) is 0 Å². The van der Waals surface area contributed by atoms with Crippen LogP contribution in [0, 0.1) is 5.92 Å². The van der Waals surface area contributed by atoms with Crippen molar-refractivity contribution in [2.24, 2.45) is 11.7 Å². The lowest BCUT2D eigenvalue weighted by Crippen LogP contribution is -2.42. The highest BCUT2D eigenvalue weighted by atomic mass is 35.5. The van der Waals surface area contributed by atoms with Gasteiger partial charge in [0.05, 0.1) is 4.58 Å². The minimum absolute atomic E-state index is 0. The van der Waals surface area contributed by atoms with Crippen molar-refractivity contribution in [1.82, 2.24) is 4.90 Å². The molecule has 0 aliphatic carbocycles. The first kappa shape index (κ1) is 20.0. The highest BCUT2D eigenvalue weighted by Gasteiger charge is 2.25. The van der Waals surface area contributed by atoms with Crippen LogP contribution in [0.25, 0.3) is 0 Å². The summed E-state index contributed by atoms with van der Waals surface area (Å²) in [4.78, 5) is 14.6. The van der Waals surface area contributed by atoms with E-state index in [0.717, 1.165) is 31.5 Å². The normalized spacial score (nSPS) is 21.2. The summed E-state index contributed by atoms with van der Waals surface area (Å²) in [6, 6.07) is 8.52. The van der Waals surface area contributed by atoms with Crippen molar-refractivity contribution in [3.63, 3.8) is 0 Å². The van der Waals surface area contributed by atoms with Gasteiger partial charge in [0.25, 0.3) is 5.91 Å². The standard InChI is InChI=1S/C18H26N2OS2.ClH/c1-13(19)14-7-9-20(10-8-14)17(21)15-3-5-16(6-4-15)18-22-11-2-12-23-18;/h3-6,13-14,18H,2,7-12,19H2,1H3;1H. The van der Waals surface area contributed by atoms with Crippen molar-refractivity contribution in [3.8, 4) is 0 Å². The van der Waals surface area contributed by atoms with E-state index in [1.165, 1.54) is 23.5 Å². The average molecular weight is 387 g/mol. The summed E-state index contributed by atoms with van der Waals surface area (Å²) in [5, 5.41) is 0. The average Bonchev–Trinajstić information content (AvgIpc) is 2.62. The zero-order valence-electron chi connectivity index (χ0n) is 14.1.